The number of esters is 1. The maximum absolute atomic E-state index is 10.7. The lowest BCUT2D eigenvalue weighted by Crippen LogP contribution is -2.19. The molecule has 0 aliphatic rings. The lowest BCUT2D eigenvalue weighted by atomic mass is 10.1. The van der Waals surface area contributed by atoms with Crippen LogP contribution in [-0.2, 0) is 9.53 Å². The number of hydrogen-bond donors (Lipinski definition) is 1. The lowest BCUT2D eigenvalue weighted by Gasteiger charge is -2.07. The molecule has 0 aliphatic heterocycles. The highest BCUT2D eigenvalue weighted by Crippen LogP contribution is 1.96. The first-order valence-electron chi connectivity index (χ1n) is 5.53. The molecule has 0 spiro atoms. The summed E-state index contributed by atoms with van der Waals surface area (Å²) in [6, 6.07) is 0. The lowest BCUT2D eigenvalue weighted by molar-refractivity contribution is -0.143. The maximum Gasteiger partial charge on any atom is 0.305 e. The number of carbonyl (C=O) groups excluding carboxylic acids is 1. The summed E-state index contributed by atoms with van der Waals surface area (Å²) in [7, 11) is 0. The molecule has 1 N–H and O–H groups in total. The normalized spacial score (nSPS) is 10.6. The number of hydrogen-bond acceptors (Lipinski definition) is 3. The summed E-state index contributed by atoms with van der Waals surface area (Å²) in [4.78, 5) is 10.7. The molecule has 0 fully saturated rings. The predicted octanol–water partition coefficient (Wildman–Crippen LogP) is 1.97. The quantitative estimate of drug-likeness (QED) is 0.482. The van der Waals surface area contributed by atoms with Gasteiger partial charge in [-0.3, -0.25) is 4.79 Å². The van der Waals surface area contributed by atoms with Gasteiger partial charge in [-0.25, -0.2) is 0 Å². The Bertz CT molecular complexity index is 146. The van der Waals surface area contributed by atoms with Gasteiger partial charge in [0.15, 0.2) is 0 Å². The molecule has 0 saturated carbocycles. The Kier molecular flexibility index (Phi) is 8.64. The minimum Gasteiger partial charge on any atom is -0.466 e. The van der Waals surface area contributed by atoms with Crippen molar-refractivity contribution >= 4 is 5.97 Å². The molecule has 3 heteroatoms. The van der Waals surface area contributed by atoms with Crippen molar-refractivity contribution in [3.63, 3.8) is 0 Å². The van der Waals surface area contributed by atoms with E-state index in [1.807, 2.05) is 6.92 Å². The van der Waals surface area contributed by atoms with Crippen LogP contribution < -0.4 is 5.32 Å². The summed E-state index contributed by atoms with van der Waals surface area (Å²) in [5.74, 6) is 0.646. The van der Waals surface area contributed by atoms with E-state index in [2.05, 4.69) is 19.2 Å². The average molecular weight is 201 g/mol. The van der Waals surface area contributed by atoms with Crippen molar-refractivity contribution in [2.75, 3.05) is 19.7 Å². The summed E-state index contributed by atoms with van der Waals surface area (Å²) < 4.78 is 4.94. The maximum atomic E-state index is 10.7. The van der Waals surface area contributed by atoms with E-state index in [0.717, 1.165) is 25.4 Å². The number of carbonyl (C=O) groups is 1. The first-order valence-corrected chi connectivity index (χ1v) is 5.53. The largest absolute Gasteiger partial charge is 0.466 e. The van der Waals surface area contributed by atoms with E-state index in [4.69, 9.17) is 4.74 Å². The minimum absolute atomic E-state index is 0.104. The smallest absolute Gasteiger partial charge is 0.305 e. The van der Waals surface area contributed by atoms with Gasteiger partial charge in [0.25, 0.3) is 0 Å². The van der Waals surface area contributed by atoms with Gasteiger partial charge in [0.2, 0.25) is 0 Å². The van der Waals surface area contributed by atoms with Crippen LogP contribution in [0.15, 0.2) is 0 Å². The SMILES string of the molecule is CCC(=O)OCCCNCCC(C)C. The zero-order valence-electron chi connectivity index (χ0n) is 9.64. The molecule has 14 heavy (non-hydrogen) atoms. The molecular weight excluding hydrogens is 178 g/mol. The van der Waals surface area contributed by atoms with Crippen LogP contribution in [0, 0.1) is 5.92 Å². The molecule has 0 saturated heterocycles. The Labute approximate surface area is 87.2 Å². The van der Waals surface area contributed by atoms with Crippen molar-refractivity contribution in [3.8, 4) is 0 Å². The Morgan fingerprint density at radius 3 is 2.64 bits per heavy atom. The molecule has 0 aromatic heterocycles. The second kappa shape index (κ2) is 9.00. The number of nitrogens with one attached hydrogen (secondary N) is 1. The molecule has 0 bridgehead atoms. The zero-order chi connectivity index (χ0) is 10.8. The third-order valence-electron chi connectivity index (χ3n) is 1.95. The first-order chi connectivity index (χ1) is 6.66. The van der Waals surface area contributed by atoms with Crippen LogP contribution in [0.5, 0.6) is 0 Å². The fourth-order valence-electron chi connectivity index (χ4n) is 1.00. The summed E-state index contributed by atoms with van der Waals surface area (Å²) in [5.41, 5.74) is 0. The van der Waals surface area contributed by atoms with E-state index in [9.17, 15) is 4.79 Å². The van der Waals surface area contributed by atoms with E-state index >= 15 is 0 Å². The van der Waals surface area contributed by atoms with Crippen molar-refractivity contribution in [2.45, 2.75) is 40.0 Å². The van der Waals surface area contributed by atoms with Gasteiger partial charge >= 0.3 is 5.97 Å². The van der Waals surface area contributed by atoms with Crippen molar-refractivity contribution in [1.29, 1.82) is 0 Å². The topological polar surface area (TPSA) is 38.3 Å². The van der Waals surface area contributed by atoms with Crippen molar-refractivity contribution in [1.82, 2.24) is 5.32 Å². The third-order valence-corrected chi connectivity index (χ3v) is 1.95. The molecule has 0 radical (unpaired) electrons. The Morgan fingerprint density at radius 1 is 1.36 bits per heavy atom. The highest BCUT2D eigenvalue weighted by molar-refractivity contribution is 5.68. The van der Waals surface area contributed by atoms with Crippen LogP contribution in [0.25, 0.3) is 0 Å². The Hall–Kier alpha value is -0.570. The standard InChI is InChI=1S/C11H23NO2/c1-4-11(13)14-9-5-7-12-8-6-10(2)3/h10,12H,4-9H2,1-3H3. The van der Waals surface area contributed by atoms with Crippen LogP contribution in [0.4, 0.5) is 0 Å². The predicted molar refractivity (Wildman–Crippen MR) is 58.2 cm³/mol. The van der Waals surface area contributed by atoms with E-state index in [-0.39, 0.29) is 5.97 Å². The van der Waals surface area contributed by atoms with Gasteiger partial charge < -0.3 is 10.1 Å². The van der Waals surface area contributed by atoms with Crippen LogP contribution in [0.2, 0.25) is 0 Å². The Balaban J connectivity index is 3.03. The van der Waals surface area contributed by atoms with Gasteiger partial charge in [-0.05, 0) is 31.8 Å². The number of rotatable bonds is 8. The van der Waals surface area contributed by atoms with Crippen LogP contribution >= 0.6 is 0 Å². The summed E-state index contributed by atoms with van der Waals surface area (Å²) in [6.07, 6.45) is 2.58. The summed E-state index contributed by atoms with van der Waals surface area (Å²) in [6.45, 7) is 8.77. The molecule has 0 aromatic carbocycles. The highest BCUT2D eigenvalue weighted by atomic mass is 16.5. The molecule has 84 valence electrons. The number of ether oxygens (including phenoxy) is 1. The van der Waals surface area contributed by atoms with Gasteiger partial charge in [-0.15, -0.1) is 0 Å². The van der Waals surface area contributed by atoms with Gasteiger partial charge in [-0.2, -0.15) is 0 Å². The summed E-state index contributed by atoms with van der Waals surface area (Å²) >= 11 is 0. The average Bonchev–Trinajstić information content (AvgIpc) is 2.15. The summed E-state index contributed by atoms with van der Waals surface area (Å²) in [5, 5.41) is 3.32. The molecule has 0 rings (SSSR count). The van der Waals surface area contributed by atoms with E-state index in [1.54, 1.807) is 0 Å². The van der Waals surface area contributed by atoms with Gasteiger partial charge in [-0.1, -0.05) is 20.8 Å². The van der Waals surface area contributed by atoms with Gasteiger partial charge in [0.05, 0.1) is 6.61 Å². The first kappa shape index (κ1) is 13.4. The van der Waals surface area contributed by atoms with E-state index in [0.29, 0.717) is 13.0 Å². The minimum atomic E-state index is -0.104. The molecular formula is C11H23NO2. The fourth-order valence-corrected chi connectivity index (χ4v) is 1.00. The van der Waals surface area contributed by atoms with Crippen molar-refractivity contribution < 1.29 is 9.53 Å². The second-order valence-electron chi connectivity index (χ2n) is 3.86. The molecule has 0 heterocycles. The second-order valence-corrected chi connectivity index (χ2v) is 3.86. The zero-order valence-corrected chi connectivity index (χ0v) is 9.64. The van der Waals surface area contributed by atoms with Crippen LogP contribution in [0.1, 0.15) is 40.0 Å². The van der Waals surface area contributed by atoms with Crippen molar-refractivity contribution in [2.24, 2.45) is 5.92 Å². The highest BCUT2D eigenvalue weighted by Gasteiger charge is 1.97. The molecule has 0 amide bonds. The van der Waals surface area contributed by atoms with Crippen LogP contribution in [0.3, 0.4) is 0 Å². The Morgan fingerprint density at radius 2 is 2.07 bits per heavy atom. The molecule has 0 atom stereocenters. The monoisotopic (exact) mass is 201 g/mol. The van der Waals surface area contributed by atoms with E-state index < -0.39 is 0 Å². The molecule has 0 unspecified atom stereocenters. The molecule has 3 nitrogen and oxygen atoms in total. The van der Waals surface area contributed by atoms with Crippen molar-refractivity contribution in [3.05, 3.63) is 0 Å². The third kappa shape index (κ3) is 9.52. The van der Waals surface area contributed by atoms with E-state index in [1.165, 1.54) is 6.42 Å². The molecule has 0 aromatic rings. The van der Waals surface area contributed by atoms with Gasteiger partial charge in [0, 0.05) is 6.42 Å². The van der Waals surface area contributed by atoms with Gasteiger partial charge in [0.1, 0.15) is 0 Å². The molecule has 0 aliphatic carbocycles. The fraction of sp³-hybridized carbons (Fsp3) is 0.909. The van der Waals surface area contributed by atoms with Crippen LogP contribution in [-0.4, -0.2) is 25.7 Å².